The van der Waals surface area contributed by atoms with Gasteiger partial charge < -0.3 is 35.7 Å². The second-order valence-electron chi connectivity index (χ2n) is 16.3. The molecule has 0 bridgehead atoms. The maximum absolute atomic E-state index is 13.2. The number of urea groups is 1. The number of para-hydroxylation sites is 2. The van der Waals surface area contributed by atoms with Crippen LogP contribution in [0, 0.1) is 27.7 Å². The largest absolute Gasteiger partial charge is 0.395 e. The average Bonchev–Trinajstić information content (AvgIpc) is 3.22. The van der Waals surface area contributed by atoms with Gasteiger partial charge in [0.25, 0.3) is 11.1 Å². The molecule has 6 aromatic rings. The monoisotopic (exact) mass is 842 g/mol. The quantitative estimate of drug-likeness (QED) is 0.0525. The lowest BCUT2D eigenvalue weighted by Crippen LogP contribution is -2.40. The summed E-state index contributed by atoms with van der Waals surface area (Å²) in [4.78, 5) is 59.2. The molecule has 2 heterocycles. The number of aromatic amines is 2. The Bertz CT molecular complexity index is 2640. The summed E-state index contributed by atoms with van der Waals surface area (Å²) in [5, 5.41) is 26.5. The van der Waals surface area contributed by atoms with Crippen molar-refractivity contribution in [3.05, 3.63) is 150 Å². The fourth-order valence-corrected chi connectivity index (χ4v) is 7.61. The summed E-state index contributed by atoms with van der Waals surface area (Å²) in [6.07, 6.45) is 1.55. The number of isocyanates is 1. The number of aliphatic hydroxyl groups excluding tert-OH is 2. The number of hydrogen-bond donors (Lipinski definition) is 6. The highest BCUT2D eigenvalue weighted by Gasteiger charge is 2.25. The Morgan fingerprint density at radius 3 is 1.74 bits per heavy atom. The number of amides is 2. The molecule has 12 heteroatoms. The maximum atomic E-state index is 13.2. The van der Waals surface area contributed by atoms with E-state index in [9.17, 15) is 24.3 Å². The number of nitrogens with one attached hydrogen (secondary N) is 4. The van der Waals surface area contributed by atoms with Crippen LogP contribution in [0.3, 0.4) is 0 Å². The van der Waals surface area contributed by atoms with Crippen molar-refractivity contribution in [2.75, 3.05) is 31.6 Å². The van der Waals surface area contributed by atoms with Crippen LogP contribution in [0.2, 0.25) is 0 Å². The highest BCUT2D eigenvalue weighted by atomic mass is 16.3. The molecule has 4 aromatic carbocycles. The highest BCUT2D eigenvalue weighted by Crippen LogP contribution is 2.28. The van der Waals surface area contributed by atoms with E-state index < -0.39 is 6.04 Å². The lowest BCUT2D eigenvalue weighted by Gasteiger charge is -2.29. The Kier molecular flexibility index (Phi) is 17.7. The zero-order valence-corrected chi connectivity index (χ0v) is 37.6. The number of aromatic nitrogens is 2. The number of pyridine rings is 2. The third kappa shape index (κ3) is 12.5. The number of anilines is 1. The number of carbonyl (C=O) groups excluding carboxylic acids is 2. The molecule has 0 fully saturated rings. The van der Waals surface area contributed by atoms with Crippen molar-refractivity contribution in [3.8, 4) is 0 Å². The number of benzene rings is 4. The van der Waals surface area contributed by atoms with Gasteiger partial charge in [-0.1, -0.05) is 87.4 Å². The predicted molar refractivity (Wildman–Crippen MR) is 252 cm³/mol. The summed E-state index contributed by atoms with van der Waals surface area (Å²) >= 11 is 0. The van der Waals surface area contributed by atoms with Crippen molar-refractivity contribution in [2.24, 2.45) is 4.99 Å². The van der Waals surface area contributed by atoms with Crippen LogP contribution in [-0.4, -0.2) is 63.5 Å². The summed E-state index contributed by atoms with van der Waals surface area (Å²) in [6, 6.07) is 26.3. The van der Waals surface area contributed by atoms with Gasteiger partial charge in [0.1, 0.15) is 0 Å². The molecule has 2 aromatic heterocycles. The molecule has 0 saturated carbocycles. The van der Waals surface area contributed by atoms with Crippen LogP contribution >= 0.6 is 0 Å². The fourth-order valence-electron chi connectivity index (χ4n) is 7.61. The Labute approximate surface area is 364 Å². The number of carbonyl (C=O) groups is 1. The summed E-state index contributed by atoms with van der Waals surface area (Å²) < 4.78 is 0. The van der Waals surface area contributed by atoms with Gasteiger partial charge in [-0.15, -0.1) is 0 Å². The molecule has 62 heavy (non-hydrogen) atoms. The van der Waals surface area contributed by atoms with E-state index in [1.54, 1.807) is 6.08 Å². The number of H-pyrrole nitrogens is 2. The van der Waals surface area contributed by atoms with Crippen LogP contribution in [0.5, 0.6) is 0 Å². The highest BCUT2D eigenvalue weighted by molar-refractivity contribution is 5.91. The summed E-state index contributed by atoms with van der Waals surface area (Å²) in [6.45, 7) is 20.5. The number of fused-ring (bicyclic) bond motifs is 2. The number of aliphatic imine (C=N–C) groups is 1. The minimum absolute atomic E-state index is 0.0635. The smallest absolute Gasteiger partial charge is 0.322 e. The van der Waals surface area contributed by atoms with E-state index >= 15 is 0 Å². The number of nitrogens with zero attached hydrogens (tertiary/aromatic N) is 2. The molecular weight excluding hydrogens is 781 g/mol. The predicted octanol–water partition coefficient (Wildman–Crippen LogP) is 9.42. The number of aryl methyl sites for hydroxylation is 4. The van der Waals surface area contributed by atoms with Crippen molar-refractivity contribution in [2.45, 2.75) is 93.2 Å². The van der Waals surface area contributed by atoms with Crippen molar-refractivity contribution >= 4 is 45.3 Å². The van der Waals surface area contributed by atoms with Gasteiger partial charge in [-0.05, 0) is 123 Å². The van der Waals surface area contributed by atoms with E-state index in [0.717, 1.165) is 61.0 Å². The second kappa shape index (κ2) is 22.6. The molecule has 328 valence electrons. The average molecular weight is 843 g/mol. The normalized spacial score (nSPS) is 11.9. The first-order valence-electron chi connectivity index (χ1n) is 21.1. The standard InChI is InChI=1S/C25H31N3O3.C15H20N2O2.C10H11NO/c1-15(2)20-8-6-7-9-22(20)26-25(31)28(10-11-29)18(5)21-14-19-13-16(3)12-17(4)23(19)27-24(21)30;1-9-6-10(2)14-12(7-9)8-13(15(19)17-14)11(3)16-4-5-18;1-8(2)9-5-3-4-6-10(9)11-7-12/h6-9,12-15,18,29H,10-11H2,1-5H3,(H,26,31)(H,27,30);6-8,11,16,18H,4-5H2,1-3H3,(H,17,19);3-6,8H,1-2H3. The Morgan fingerprint density at radius 1 is 0.694 bits per heavy atom. The Balaban J connectivity index is 0.000000230. The van der Waals surface area contributed by atoms with Crippen LogP contribution in [0.4, 0.5) is 16.2 Å². The minimum Gasteiger partial charge on any atom is -0.395 e. The molecule has 0 aliphatic carbocycles. The molecule has 0 spiro atoms. The molecule has 0 saturated heterocycles. The summed E-state index contributed by atoms with van der Waals surface area (Å²) in [7, 11) is 0. The zero-order valence-electron chi connectivity index (χ0n) is 37.6. The van der Waals surface area contributed by atoms with E-state index in [1.807, 2.05) is 114 Å². The van der Waals surface area contributed by atoms with Crippen LogP contribution in [0.15, 0.2) is 99.5 Å². The first kappa shape index (κ1) is 48.5. The SMILES string of the molecule is CC(C)c1ccccc1N=C=O.Cc1cc(C)c2[nH]c(=O)c(C(C)N(CCO)C(=O)Nc3ccccc3C(C)C)cc2c1.Cc1cc(C)c2[nH]c(=O)c(C(C)NCCO)cc2c1. The van der Waals surface area contributed by atoms with E-state index in [0.29, 0.717) is 23.6 Å². The van der Waals surface area contributed by atoms with E-state index in [1.165, 1.54) is 10.5 Å². The number of aliphatic hydroxyl groups is 2. The molecule has 0 radical (unpaired) electrons. The van der Waals surface area contributed by atoms with Gasteiger partial charge in [-0.25, -0.2) is 9.59 Å². The first-order chi connectivity index (χ1) is 29.5. The third-order valence-corrected chi connectivity index (χ3v) is 10.7. The van der Waals surface area contributed by atoms with Crippen LogP contribution in [0.1, 0.15) is 110 Å². The van der Waals surface area contributed by atoms with Gasteiger partial charge in [0, 0.05) is 35.9 Å². The van der Waals surface area contributed by atoms with Crippen molar-refractivity contribution < 1.29 is 19.8 Å². The number of hydrogen-bond acceptors (Lipinski definition) is 8. The van der Waals surface area contributed by atoms with E-state index in [-0.39, 0.29) is 48.9 Å². The van der Waals surface area contributed by atoms with Crippen molar-refractivity contribution in [3.63, 3.8) is 0 Å². The molecule has 6 rings (SSSR count). The molecule has 2 unspecified atom stereocenters. The lowest BCUT2D eigenvalue weighted by molar-refractivity contribution is 0.167. The molecule has 2 amide bonds. The molecule has 0 aliphatic heterocycles. The molecular formula is C50H62N6O6. The summed E-state index contributed by atoms with van der Waals surface area (Å²) in [5.41, 5.74) is 10.5. The van der Waals surface area contributed by atoms with Crippen LogP contribution in [-0.2, 0) is 4.79 Å². The molecule has 12 nitrogen and oxygen atoms in total. The zero-order chi connectivity index (χ0) is 45.7. The second-order valence-corrected chi connectivity index (χ2v) is 16.3. The Hall–Kier alpha value is -6.17. The van der Waals surface area contributed by atoms with Gasteiger partial charge in [0.2, 0.25) is 6.08 Å². The first-order valence-corrected chi connectivity index (χ1v) is 21.1. The van der Waals surface area contributed by atoms with E-state index in [4.69, 9.17) is 5.11 Å². The van der Waals surface area contributed by atoms with Gasteiger partial charge in [-0.3, -0.25) is 9.59 Å². The molecule has 0 aliphatic rings. The lowest BCUT2D eigenvalue weighted by atomic mass is 10.0. The van der Waals surface area contributed by atoms with Crippen LogP contribution < -0.4 is 21.8 Å². The van der Waals surface area contributed by atoms with E-state index in [2.05, 4.69) is 65.4 Å². The molecule has 2 atom stereocenters. The summed E-state index contributed by atoms with van der Waals surface area (Å²) in [5.74, 6) is 0.633. The molecule has 6 N–H and O–H groups in total. The Morgan fingerprint density at radius 2 is 1.21 bits per heavy atom. The van der Waals surface area contributed by atoms with Crippen molar-refractivity contribution in [1.82, 2.24) is 20.2 Å². The minimum atomic E-state index is -0.521. The van der Waals surface area contributed by atoms with Gasteiger partial charge in [0.15, 0.2) is 0 Å². The fraction of sp³-hybridized carbons (Fsp3) is 0.360. The number of rotatable bonds is 12. The van der Waals surface area contributed by atoms with Crippen LogP contribution in [0.25, 0.3) is 21.8 Å². The maximum Gasteiger partial charge on any atom is 0.322 e. The van der Waals surface area contributed by atoms with Gasteiger partial charge >= 0.3 is 6.03 Å². The van der Waals surface area contributed by atoms with Gasteiger partial charge in [-0.2, -0.15) is 4.99 Å². The third-order valence-electron chi connectivity index (χ3n) is 10.7. The van der Waals surface area contributed by atoms with Crippen molar-refractivity contribution in [1.29, 1.82) is 0 Å². The van der Waals surface area contributed by atoms with Gasteiger partial charge in [0.05, 0.1) is 36.0 Å². The topological polar surface area (TPSA) is 180 Å².